The van der Waals surface area contributed by atoms with E-state index in [9.17, 15) is 13.3 Å². The van der Waals surface area contributed by atoms with Gasteiger partial charge in [-0.25, -0.2) is 0 Å². The highest BCUT2D eigenvalue weighted by Crippen LogP contribution is 2.24. The zero-order valence-corrected chi connectivity index (χ0v) is 6.44. The lowest BCUT2D eigenvalue weighted by molar-refractivity contribution is -0.0941. The molecule has 0 aliphatic carbocycles. The Morgan fingerprint density at radius 2 is 1.67 bits per heavy atom. The van der Waals surface area contributed by atoms with Crippen LogP contribution >= 0.6 is 0 Å². The molecule has 0 amide bonds. The molecule has 1 aromatic rings. The summed E-state index contributed by atoms with van der Waals surface area (Å²) >= 11 is 0. The van der Waals surface area contributed by atoms with E-state index in [0.717, 1.165) is 5.56 Å². The number of aryl methyl sites for hydroxylation is 1. The Balaban J connectivity index is 2.96. The van der Waals surface area contributed by atoms with E-state index in [1.165, 1.54) is 24.3 Å². The van der Waals surface area contributed by atoms with Crippen LogP contribution < -0.4 is 5.54 Å². The van der Waals surface area contributed by atoms with E-state index in [1.807, 2.05) is 0 Å². The highest BCUT2D eigenvalue weighted by Gasteiger charge is 2.30. The summed E-state index contributed by atoms with van der Waals surface area (Å²) in [7, 11) is 0. The summed E-state index contributed by atoms with van der Waals surface area (Å²) in [4.78, 5) is 0. The van der Waals surface area contributed by atoms with Gasteiger partial charge in [0.05, 0.1) is 0 Å². The number of alkyl halides is 2. The van der Waals surface area contributed by atoms with Gasteiger partial charge < -0.3 is 0 Å². The van der Waals surface area contributed by atoms with E-state index in [4.69, 9.17) is 0 Å². The Labute approximate surface area is 68.1 Å². The summed E-state index contributed by atoms with van der Waals surface area (Å²) in [6, 6.07) is 1.78. The first-order chi connectivity index (χ1) is 5.56. The van der Waals surface area contributed by atoms with Gasteiger partial charge in [0.2, 0.25) is 0 Å². The standard InChI is InChI=1S/C8H8F3N/c1-6-2-4-7(5-3-6)8(9,10)12-11/h2-5,12H,1H3. The van der Waals surface area contributed by atoms with E-state index in [2.05, 4.69) is 0 Å². The second kappa shape index (κ2) is 3.15. The van der Waals surface area contributed by atoms with E-state index >= 15 is 0 Å². The molecular weight excluding hydrogens is 167 g/mol. The van der Waals surface area contributed by atoms with Gasteiger partial charge >= 0.3 is 6.05 Å². The molecule has 0 fully saturated rings. The number of hydrogen-bond donors (Lipinski definition) is 1. The van der Waals surface area contributed by atoms with Crippen LogP contribution in [0.5, 0.6) is 0 Å². The van der Waals surface area contributed by atoms with Crippen molar-refractivity contribution < 1.29 is 13.3 Å². The quantitative estimate of drug-likeness (QED) is 0.538. The van der Waals surface area contributed by atoms with Gasteiger partial charge in [-0.3, -0.25) is 0 Å². The average molecular weight is 175 g/mol. The molecule has 0 saturated carbocycles. The molecule has 1 nitrogen and oxygen atoms in total. The monoisotopic (exact) mass is 175 g/mol. The molecule has 12 heavy (non-hydrogen) atoms. The minimum atomic E-state index is -3.59. The highest BCUT2D eigenvalue weighted by atomic mass is 19.3. The first-order valence-corrected chi connectivity index (χ1v) is 3.39. The Bertz CT molecular complexity index is 256. The average Bonchev–Trinajstić information content (AvgIpc) is 2.05. The van der Waals surface area contributed by atoms with Crippen molar-refractivity contribution >= 4 is 0 Å². The van der Waals surface area contributed by atoms with Crippen LogP contribution in [0, 0.1) is 6.92 Å². The predicted molar refractivity (Wildman–Crippen MR) is 39.3 cm³/mol. The molecule has 1 rings (SSSR count). The fraction of sp³-hybridized carbons (Fsp3) is 0.250. The third kappa shape index (κ3) is 1.76. The van der Waals surface area contributed by atoms with Crippen molar-refractivity contribution in [3.63, 3.8) is 0 Å². The number of hydrogen-bond acceptors (Lipinski definition) is 1. The summed E-state index contributed by atoms with van der Waals surface area (Å²) in [5, 5.41) is 0. The van der Waals surface area contributed by atoms with Crippen LogP contribution in [0.2, 0.25) is 0 Å². The fourth-order valence-electron chi connectivity index (χ4n) is 0.817. The number of halogens is 3. The van der Waals surface area contributed by atoms with Crippen molar-refractivity contribution in [1.29, 1.82) is 0 Å². The maximum absolute atomic E-state index is 12.5. The zero-order valence-electron chi connectivity index (χ0n) is 6.44. The van der Waals surface area contributed by atoms with Crippen molar-refractivity contribution in [2.45, 2.75) is 13.0 Å². The van der Waals surface area contributed by atoms with Crippen LogP contribution in [-0.2, 0) is 6.05 Å². The second-order valence-electron chi connectivity index (χ2n) is 2.53. The summed E-state index contributed by atoms with van der Waals surface area (Å²) < 4.78 is 36.6. The number of nitrogens with one attached hydrogen (secondary N) is 1. The normalized spacial score (nSPS) is 11.7. The van der Waals surface area contributed by atoms with Crippen molar-refractivity contribution in [1.82, 2.24) is 5.54 Å². The highest BCUT2D eigenvalue weighted by molar-refractivity contribution is 5.24. The number of benzene rings is 1. The van der Waals surface area contributed by atoms with Crippen LogP contribution in [0.15, 0.2) is 24.3 Å². The van der Waals surface area contributed by atoms with E-state index < -0.39 is 6.05 Å². The Morgan fingerprint density at radius 3 is 2.08 bits per heavy atom. The lowest BCUT2D eigenvalue weighted by Gasteiger charge is -2.12. The van der Waals surface area contributed by atoms with E-state index in [1.54, 1.807) is 6.92 Å². The molecule has 0 bridgehead atoms. The van der Waals surface area contributed by atoms with Crippen molar-refractivity contribution in [3.05, 3.63) is 35.4 Å². The predicted octanol–water partition coefficient (Wildman–Crippen LogP) is 2.52. The third-order valence-electron chi connectivity index (χ3n) is 1.53. The maximum Gasteiger partial charge on any atom is 0.354 e. The molecule has 0 radical (unpaired) electrons. The molecule has 0 spiro atoms. The van der Waals surface area contributed by atoms with Crippen LogP contribution in [0.4, 0.5) is 13.3 Å². The SMILES string of the molecule is Cc1ccc(C(F)(F)NF)cc1. The van der Waals surface area contributed by atoms with Crippen molar-refractivity contribution in [2.75, 3.05) is 0 Å². The molecular formula is C8H8F3N. The molecule has 4 heteroatoms. The fourth-order valence-corrected chi connectivity index (χ4v) is 0.817. The van der Waals surface area contributed by atoms with Gasteiger partial charge in [0.15, 0.2) is 0 Å². The van der Waals surface area contributed by atoms with Crippen LogP contribution in [-0.4, -0.2) is 0 Å². The summed E-state index contributed by atoms with van der Waals surface area (Å²) in [5.41, 5.74) is 0.920. The minimum absolute atomic E-state index is 0.379. The van der Waals surface area contributed by atoms with Crippen LogP contribution in [0.1, 0.15) is 11.1 Å². The van der Waals surface area contributed by atoms with Crippen LogP contribution in [0.3, 0.4) is 0 Å². The van der Waals surface area contributed by atoms with Crippen LogP contribution in [0.25, 0.3) is 0 Å². The summed E-state index contributed by atoms with van der Waals surface area (Å²) in [6.07, 6.45) is 0. The molecule has 1 N–H and O–H groups in total. The smallest absolute Gasteiger partial charge is 0.181 e. The Hall–Kier alpha value is -1.03. The largest absolute Gasteiger partial charge is 0.354 e. The molecule has 0 atom stereocenters. The van der Waals surface area contributed by atoms with Gasteiger partial charge in [-0.2, -0.15) is 8.78 Å². The van der Waals surface area contributed by atoms with E-state index in [-0.39, 0.29) is 5.56 Å². The van der Waals surface area contributed by atoms with Crippen molar-refractivity contribution in [3.8, 4) is 0 Å². The first kappa shape index (κ1) is 9.06. The molecule has 0 unspecified atom stereocenters. The van der Waals surface area contributed by atoms with Gasteiger partial charge in [-0.15, -0.1) is 4.48 Å². The number of rotatable bonds is 2. The van der Waals surface area contributed by atoms with Gasteiger partial charge in [0.25, 0.3) is 0 Å². The lowest BCUT2D eigenvalue weighted by atomic mass is 10.1. The first-order valence-electron chi connectivity index (χ1n) is 3.39. The Morgan fingerprint density at radius 1 is 1.17 bits per heavy atom. The lowest BCUT2D eigenvalue weighted by Crippen LogP contribution is -2.26. The molecule has 66 valence electrons. The van der Waals surface area contributed by atoms with Gasteiger partial charge in [-0.05, 0) is 6.92 Å². The maximum atomic E-state index is 12.5. The molecule has 0 aliphatic heterocycles. The molecule has 1 aromatic carbocycles. The van der Waals surface area contributed by atoms with Gasteiger partial charge in [0, 0.05) is 5.56 Å². The molecule has 0 aromatic heterocycles. The minimum Gasteiger partial charge on any atom is -0.181 e. The topological polar surface area (TPSA) is 12.0 Å². The Kier molecular flexibility index (Phi) is 2.38. The molecule has 0 aliphatic rings. The third-order valence-corrected chi connectivity index (χ3v) is 1.53. The molecule has 0 heterocycles. The van der Waals surface area contributed by atoms with Gasteiger partial charge in [-0.1, -0.05) is 35.4 Å². The molecule has 0 saturated heterocycles. The second-order valence-corrected chi connectivity index (χ2v) is 2.53. The van der Waals surface area contributed by atoms with Gasteiger partial charge in [0.1, 0.15) is 0 Å². The summed E-state index contributed by atoms with van der Waals surface area (Å²) in [6.45, 7) is 1.77. The zero-order chi connectivity index (χ0) is 9.19. The summed E-state index contributed by atoms with van der Waals surface area (Å²) in [5.74, 6) is 0. The van der Waals surface area contributed by atoms with Crippen molar-refractivity contribution in [2.24, 2.45) is 0 Å². The van der Waals surface area contributed by atoms with E-state index in [0.29, 0.717) is 5.54 Å².